The molecule has 0 amide bonds. The van der Waals surface area contributed by atoms with Gasteiger partial charge in [0, 0.05) is 31.5 Å². The van der Waals surface area contributed by atoms with Crippen molar-refractivity contribution < 1.29 is 4.74 Å². The van der Waals surface area contributed by atoms with Crippen LogP contribution < -0.4 is 4.90 Å². The number of rotatable bonds is 3. The van der Waals surface area contributed by atoms with Crippen molar-refractivity contribution in [2.45, 2.75) is 19.9 Å². The predicted molar refractivity (Wildman–Crippen MR) is 76.8 cm³/mol. The zero-order valence-electron chi connectivity index (χ0n) is 11.2. The molecule has 6 heteroatoms. The minimum Gasteiger partial charge on any atom is -0.378 e. The lowest BCUT2D eigenvalue weighted by molar-refractivity contribution is 0.122. The van der Waals surface area contributed by atoms with E-state index in [9.17, 15) is 0 Å². The van der Waals surface area contributed by atoms with Crippen LogP contribution in [0.3, 0.4) is 0 Å². The van der Waals surface area contributed by atoms with E-state index in [0.717, 1.165) is 42.1 Å². The quantitative estimate of drug-likeness (QED) is 0.865. The van der Waals surface area contributed by atoms with Gasteiger partial charge >= 0.3 is 0 Å². The van der Waals surface area contributed by atoms with E-state index in [0.29, 0.717) is 6.04 Å². The molecule has 0 radical (unpaired) electrons. The molecule has 1 aliphatic heterocycles. The number of nitrogens with zero attached hydrogens (tertiary/aromatic N) is 4. The second-order valence-corrected chi connectivity index (χ2v) is 5.87. The molecule has 5 nitrogen and oxygen atoms in total. The summed E-state index contributed by atoms with van der Waals surface area (Å²) in [6, 6.07) is 0.409. The zero-order chi connectivity index (χ0) is 13.2. The van der Waals surface area contributed by atoms with Crippen LogP contribution >= 0.6 is 11.3 Å². The maximum absolute atomic E-state index is 5.37. The summed E-state index contributed by atoms with van der Waals surface area (Å²) >= 11 is 1.70. The first kappa shape index (κ1) is 12.6. The van der Waals surface area contributed by atoms with Crippen LogP contribution in [0, 0.1) is 0 Å². The Morgan fingerprint density at radius 1 is 1.26 bits per heavy atom. The third-order valence-corrected chi connectivity index (χ3v) is 4.27. The summed E-state index contributed by atoms with van der Waals surface area (Å²) in [6.07, 6.45) is 5.80. The lowest BCUT2D eigenvalue weighted by Gasteiger charge is -2.25. The van der Waals surface area contributed by atoms with Crippen LogP contribution in [0.2, 0.25) is 0 Å². The Morgan fingerprint density at radius 2 is 2.05 bits per heavy atom. The Hall–Kier alpha value is -1.40. The molecule has 0 atom stereocenters. The van der Waals surface area contributed by atoms with E-state index >= 15 is 0 Å². The molecule has 1 aliphatic rings. The molecule has 0 saturated carbocycles. The Morgan fingerprint density at radius 3 is 2.79 bits per heavy atom. The average molecular weight is 278 g/mol. The molecule has 1 fully saturated rings. The van der Waals surface area contributed by atoms with E-state index in [2.05, 4.69) is 33.3 Å². The highest BCUT2D eigenvalue weighted by Gasteiger charge is 2.17. The average Bonchev–Trinajstić information content (AvgIpc) is 3.08. The summed E-state index contributed by atoms with van der Waals surface area (Å²) in [5.74, 6) is 1.01. The minimum atomic E-state index is 0.409. The van der Waals surface area contributed by atoms with Gasteiger partial charge in [0.1, 0.15) is 0 Å². The summed E-state index contributed by atoms with van der Waals surface area (Å²) in [5, 5.41) is 1.07. The predicted octanol–water partition coefficient (Wildman–Crippen LogP) is 2.42. The van der Waals surface area contributed by atoms with Crippen molar-refractivity contribution in [1.82, 2.24) is 14.5 Å². The van der Waals surface area contributed by atoms with Crippen LogP contribution in [0.25, 0.3) is 10.7 Å². The molecule has 0 N–H and O–H groups in total. The van der Waals surface area contributed by atoms with Crippen molar-refractivity contribution in [3.63, 3.8) is 0 Å². The molecule has 0 aromatic carbocycles. The molecule has 0 aliphatic carbocycles. The second-order valence-electron chi connectivity index (χ2n) is 4.86. The van der Waals surface area contributed by atoms with Crippen LogP contribution in [-0.4, -0.2) is 40.8 Å². The Kier molecular flexibility index (Phi) is 3.52. The zero-order valence-corrected chi connectivity index (χ0v) is 12.1. The van der Waals surface area contributed by atoms with E-state index in [-0.39, 0.29) is 0 Å². The van der Waals surface area contributed by atoms with Gasteiger partial charge in [-0.1, -0.05) is 11.3 Å². The maximum atomic E-state index is 5.37. The summed E-state index contributed by atoms with van der Waals surface area (Å²) < 4.78 is 7.55. The Balaban J connectivity index is 1.86. The fourth-order valence-corrected chi connectivity index (χ4v) is 3.16. The molecule has 1 saturated heterocycles. The first-order chi connectivity index (χ1) is 9.25. The lowest BCUT2D eigenvalue weighted by Crippen LogP contribution is -2.36. The largest absolute Gasteiger partial charge is 0.378 e. The van der Waals surface area contributed by atoms with Crippen LogP contribution in [0.1, 0.15) is 19.9 Å². The van der Waals surface area contributed by atoms with Crippen molar-refractivity contribution in [3.8, 4) is 10.7 Å². The van der Waals surface area contributed by atoms with Crippen molar-refractivity contribution in [3.05, 3.63) is 18.6 Å². The SMILES string of the molecule is CC(C)n1ccnc1-c1cnc(N2CCOCC2)s1. The third kappa shape index (κ3) is 2.50. The molecule has 0 bridgehead atoms. The van der Waals surface area contributed by atoms with Gasteiger partial charge < -0.3 is 14.2 Å². The van der Waals surface area contributed by atoms with Gasteiger partial charge in [-0.25, -0.2) is 9.97 Å². The highest BCUT2D eigenvalue weighted by atomic mass is 32.1. The molecule has 2 aromatic heterocycles. The normalized spacial score (nSPS) is 16.3. The van der Waals surface area contributed by atoms with Gasteiger partial charge in [0.15, 0.2) is 11.0 Å². The second kappa shape index (κ2) is 5.30. The standard InChI is InChI=1S/C13H18N4OS/c1-10(2)17-4-3-14-12(17)11-9-15-13(19-11)16-5-7-18-8-6-16/h3-4,9-10H,5-8H2,1-2H3. The van der Waals surface area contributed by atoms with Gasteiger partial charge in [-0.15, -0.1) is 0 Å². The van der Waals surface area contributed by atoms with Gasteiger partial charge in [0.05, 0.1) is 24.3 Å². The van der Waals surface area contributed by atoms with E-state index in [1.165, 1.54) is 0 Å². The highest BCUT2D eigenvalue weighted by Crippen LogP contribution is 2.31. The van der Waals surface area contributed by atoms with E-state index in [4.69, 9.17) is 4.74 Å². The number of ether oxygens (including phenoxy) is 1. The van der Waals surface area contributed by atoms with Crippen LogP contribution in [0.15, 0.2) is 18.6 Å². The molecule has 102 valence electrons. The summed E-state index contributed by atoms with van der Waals surface area (Å²) in [4.78, 5) is 12.4. The highest BCUT2D eigenvalue weighted by molar-refractivity contribution is 7.18. The van der Waals surface area contributed by atoms with Crippen LogP contribution in [0.4, 0.5) is 5.13 Å². The van der Waals surface area contributed by atoms with Gasteiger partial charge in [0.25, 0.3) is 0 Å². The first-order valence-corrected chi connectivity index (χ1v) is 7.39. The van der Waals surface area contributed by atoms with Crippen LogP contribution in [0.5, 0.6) is 0 Å². The Labute approximate surface area is 116 Å². The Bertz CT molecular complexity index is 542. The minimum absolute atomic E-state index is 0.409. The molecule has 19 heavy (non-hydrogen) atoms. The van der Waals surface area contributed by atoms with Crippen LogP contribution in [-0.2, 0) is 4.74 Å². The number of anilines is 1. The number of hydrogen-bond acceptors (Lipinski definition) is 5. The molecular weight excluding hydrogens is 260 g/mol. The van der Waals surface area contributed by atoms with Gasteiger partial charge in [-0.05, 0) is 13.8 Å². The number of thiazole rings is 1. The summed E-state index contributed by atoms with van der Waals surface area (Å²) in [7, 11) is 0. The molecule has 2 aromatic rings. The van der Waals surface area contributed by atoms with E-state index in [1.54, 1.807) is 11.3 Å². The van der Waals surface area contributed by atoms with Gasteiger partial charge in [-0.2, -0.15) is 0 Å². The fraction of sp³-hybridized carbons (Fsp3) is 0.538. The van der Waals surface area contributed by atoms with Crippen molar-refractivity contribution in [2.24, 2.45) is 0 Å². The van der Waals surface area contributed by atoms with Gasteiger partial charge in [-0.3, -0.25) is 0 Å². The lowest BCUT2D eigenvalue weighted by atomic mass is 10.3. The fourth-order valence-electron chi connectivity index (χ4n) is 2.19. The van der Waals surface area contributed by atoms with Crippen molar-refractivity contribution >= 4 is 16.5 Å². The molecule has 3 heterocycles. The molecule has 0 unspecified atom stereocenters. The first-order valence-electron chi connectivity index (χ1n) is 6.57. The number of aromatic nitrogens is 3. The third-order valence-electron chi connectivity index (χ3n) is 3.22. The number of hydrogen-bond donors (Lipinski definition) is 0. The molecular formula is C13H18N4OS. The smallest absolute Gasteiger partial charge is 0.186 e. The van der Waals surface area contributed by atoms with Gasteiger partial charge in [0.2, 0.25) is 0 Å². The number of morpholine rings is 1. The summed E-state index contributed by atoms with van der Waals surface area (Å²) in [6.45, 7) is 7.74. The van der Waals surface area contributed by atoms with Crippen molar-refractivity contribution in [1.29, 1.82) is 0 Å². The maximum Gasteiger partial charge on any atom is 0.186 e. The number of imidazole rings is 1. The monoisotopic (exact) mass is 278 g/mol. The van der Waals surface area contributed by atoms with Crippen molar-refractivity contribution in [2.75, 3.05) is 31.2 Å². The molecule has 0 spiro atoms. The summed E-state index contributed by atoms with van der Waals surface area (Å²) in [5.41, 5.74) is 0. The van der Waals surface area contributed by atoms with E-state index < -0.39 is 0 Å². The molecule has 3 rings (SSSR count). The topological polar surface area (TPSA) is 43.2 Å². The van der Waals surface area contributed by atoms with E-state index in [1.807, 2.05) is 18.6 Å².